The van der Waals surface area contributed by atoms with Gasteiger partial charge in [0.05, 0.1) is 0 Å². The largest absolute Gasteiger partial charge is 0.355 e. The van der Waals surface area contributed by atoms with Crippen molar-refractivity contribution in [3.8, 4) is 0 Å². The summed E-state index contributed by atoms with van der Waals surface area (Å²) in [5.74, 6) is -0.0745. The maximum Gasteiger partial charge on any atom is 0.224 e. The Kier molecular flexibility index (Phi) is 5.15. The first-order chi connectivity index (χ1) is 9.58. The highest BCUT2D eigenvalue weighted by Gasteiger charge is 2.18. The Morgan fingerprint density at radius 3 is 2.75 bits per heavy atom. The molecule has 0 bridgehead atoms. The van der Waals surface area contributed by atoms with E-state index in [0.717, 1.165) is 26.1 Å². The van der Waals surface area contributed by atoms with Gasteiger partial charge in [-0.2, -0.15) is 0 Å². The van der Waals surface area contributed by atoms with Crippen molar-refractivity contribution in [3.05, 3.63) is 35.4 Å². The van der Waals surface area contributed by atoms with Crippen LogP contribution in [0.3, 0.4) is 0 Å². The molecular weight excluding hydrogens is 250 g/mol. The van der Waals surface area contributed by atoms with E-state index in [1.54, 1.807) is 0 Å². The van der Waals surface area contributed by atoms with E-state index in [4.69, 9.17) is 5.73 Å². The number of rotatable bonds is 5. The maximum atomic E-state index is 11.8. The number of amides is 1. The van der Waals surface area contributed by atoms with Gasteiger partial charge in [-0.25, -0.2) is 0 Å². The highest BCUT2D eigenvalue weighted by molar-refractivity contribution is 5.78. The van der Waals surface area contributed by atoms with Crippen molar-refractivity contribution in [2.45, 2.75) is 32.9 Å². The normalized spacial score (nSPS) is 18.1. The summed E-state index contributed by atoms with van der Waals surface area (Å²) in [6, 6.07) is 8.49. The Morgan fingerprint density at radius 1 is 1.35 bits per heavy atom. The average molecular weight is 275 g/mol. The van der Waals surface area contributed by atoms with Gasteiger partial charge in [0.1, 0.15) is 0 Å². The number of nitrogens with zero attached hydrogens (tertiary/aromatic N) is 1. The van der Waals surface area contributed by atoms with Crippen LogP contribution in [0, 0.1) is 5.92 Å². The highest BCUT2D eigenvalue weighted by atomic mass is 16.1. The van der Waals surface area contributed by atoms with Crippen molar-refractivity contribution < 1.29 is 4.79 Å². The molecule has 2 unspecified atom stereocenters. The fourth-order valence-electron chi connectivity index (χ4n) is 2.48. The molecule has 1 aromatic rings. The molecule has 0 aliphatic carbocycles. The van der Waals surface area contributed by atoms with E-state index in [0.29, 0.717) is 6.54 Å². The predicted octanol–water partition coefficient (Wildman–Crippen LogP) is 1.14. The van der Waals surface area contributed by atoms with Crippen molar-refractivity contribution in [1.29, 1.82) is 0 Å². The zero-order valence-electron chi connectivity index (χ0n) is 12.4. The number of nitrogens with one attached hydrogen (secondary N) is 1. The molecule has 2 rings (SSSR count). The fraction of sp³-hybridized carbons (Fsp3) is 0.562. The van der Waals surface area contributed by atoms with Crippen molar-refractivity contribution >= 4 is 5.91 Å². The quantitative estimate of drug-likeness (QED) is 0.847. The van der Waals surface area contributed by atoms with Gasteiger partial charge in [0.2, 0.25) is 5.91 Å². The maximum absolute atomic E-state index is 11.8. The van der Waals surface area contributed by atoms with Gasteiger partial charge in [-0.05, 0) is 24.5 Å². The topological polar surface area (TPSA) is 58.4 Å². The number of carbonyl (C=O) groups excluding carboxylic acids is 1. The lowest BCUT2D eigenvalue weighted by atomic mass is 10.00. The minimum atomic E-state index is -0.128. The second-order valence-corrected chi connectivity index (χ2v) is 5.73. The average Bonchev–Trinajstić information content (AvgIpc) is 2.46. The van der Waals surface area contributed by atoms with Crippen LogP contribution in [0.25, 0.3) is 0 Å². The minimum absolute atomic E-state index is 0.0532. The van der Waals surface area contributed by atoms with Crippen LogP contribution in [0.5, 0.6) is 0 Å². The van der Waals surface area contributed by atoms with Crippen molar-refractivity contribution in [1.82, 2.24) is 10.2 Å². The molecule has 1 aliphatic rings. The summed E-state index contributed by atoms with van der Waals surface area (Å²) in [6.45, 7) is 7.37. The summed E-state index contributed by atoms with van der Waals surface area (Å²) in [5.41, 5.74) is 8.60. The molecule has 20 heavy (non-hydrogen) atoms. The third-order valence-electron chi connectivity index (χ3n) is 4.14. The second kappa shape index (κ2) is 6.86. The Hall–Kier alpha value is -1.39. The van der Waals surface area contributed by atoms with Gasteiger partial charge in [0.15, 0.2) is 0 Å². The Bertz CT molecular complexity index is 459. The lowest BCUT2D eigenvalue weighted by molar-refractivity contribution is -0.124. The summed E-state index contributed by atoms with van der Waals surface area (Å²) in [7, 11) is 0. The molecule has 1 amide bonds. The van der Waals surface area contributed by atoms with Crippen LogP contribution in [0.1, 0.15) is 25.0 Å². The molecule has 4 heteroatoms. The van der Waals surface area contributed by atoms with Gasteiger partial charge in [0.25, 0.3) is 0 Å². The Balaban J connectivity index is 1.75. The van der Waals surface area contributed by atoms with Gasteiger partial charge in [-0.3, -0.25) is 9.69 Å². The zero-order chi connectivity index (χ0) is 14.5. The number of hydrogen-bond donors (Lipinski definition) is 2. The smallest absolute Gasteiger partial charge is 0.224 e. The van der Waals surface area contributed by atoms with Crippen molar-refractivity contribution in [2.75, 3.05) is 19.6 Å². The molecule has 3 N–H and O–H groups in total. The number of benzene rings is 1. The molecule has 0 fully saturated rings. The van der Waals surface area contributed by atoms with Gasteiger partial charge in [-0.1, -0.05) is 31.2 Å². The van der Waals surface area contributed by atoms with E-state index in [-0.39, 0.29) is 17.9 Å². The summed E-state index contributed by atoms with van der Waals surface area (Å²) >= 11 is 0. The Morgan fingerprint density at radius 2 is 2.05 bits per heavy atom. The molecule has 0 spiro atoms. The first kappa shape index (κ1) is 15.0. The summed E-state index contributed by atoms with van der Waals surface area (Å²) in [5, 5.41) is 2.97. The van der Waals surface area contributed by atoms with E-state index in [1.165, 1.54) is 11.1 Å². The van der Waals surface area contributed by atoms with Gasteiger partial charge in [-0.15, -0.1) is 0 Å². The van der Waals surface area contributed by atoms with Crippen LogP contribution in [-0.2, 0) is 17.8 Å². The van der Waals surface area contributed by atoms with E-state index in [9.17, 15) is 4.79 Å². The minimum Gasteiger partial charge on any atom is -0.355 e. The van der Waals surface area contributed by atoms with Crippen LogP contribution in [0.4, 0.5) is 0 Å². The van der Waals surface area contributed by atoms with E-state index < -0.39 is 0 Å². The van der Waals surface area contributed by atoms with Crippen LogP contribution in [0.2, 0.25) is 0 Å². The first-order valence-electron chi connectivity index (χ1n) is 7.40. The molecule has 1 aliphatic heterocycles. The molecule has 1 aromatic carbocycles. The van der Waals surface area contributed by atoms with E-state index in [1.807, 2.05) is 13.8 Å². The van der Waals surface area contributed by atoms with Crippen molar-refractivity contribution in [2.24, 2.45) is 11.7 Å². The number of carbonyl (C=O) groups is 1. The zero-order valence-corrected chi connectivity index (χ0v) is 12.4. The SMILES string of the molecule is CC(N)C(C)C(=O)NCCN1CCc2ccccc2C1. The first-order valence-corrected chi connectivity index (χ1v) is 7.40. The molecule has 0 saturated carbocycles. The monoisotopic (exact) mass is 275 g/mol. The molecule has 4 nitrogen and oxygen atoms in total. The highest BCUT2D eigenvalue weighted by Crippen LogP contribution is 2.17. The lowest BCUT2D eigenvalue weighted by Gasteiger charge is -2.28. The lowest BCUT2D eigenvalue weighted by Crippen LogP contribution is -2.42. The van der Waals surface area contributed by atoms with E-state index in [2.05, 4.69) is 34.5 Å². The van der Waals surface area contributed by atoms with E-state index >= 15 is 0 Å². The van der Waals surface area contributed by atoms with Crippen LogP contribution < -0.4 is 11.1 Å². The number of fused-ring (bicyclic) bond motifs is 1. The van der Waals surface area contributed by atoms with Crippen molar-refractivity contribution in [3.63, 3.8) is 0 Å². The summed E-state index contributed by atoms with van der Waals surface area (Å²) < 4.78 is 0. The molecule has 110 valence electrons. The van der Waals surface area contributed by atoms with Gasteiger partial charge in [0, 0.05) is 38.1 Å². The molecule has 0 radical (unpaired) electrons. The third kappa shape index (κ3) is 3.81. The Labute approximate surface area is 121 Å². The summed E-state index contributed by atoms with van der Waals surface area (Å²) in [6.07, 6.45) is 1.10. The molecular formula is C16H25N3O. The third-order valence-corrected chi connectivity index (χ3v) is 4.14. The van der Waals surface area contributed by atoms with Crippen LogP contribution in [-0.4, -0.2) is 36.5 Å². The summed E-state index contributed by atoms with van der Waals surface area (Å²) in [4.78, 5) is 14.2. The molecule has 0 aromatic heterocycles. The van der Waals surface area contributed by atoms with Crippen LogP contribution in [0.15, 0.2) is 24.3 Å². The van der Waals surface area contributed by atoms with Gasteiger partial charge < -0.3 is 11.1 Å². The number of nitrogens with two attached hydrogens (primary N) is 1. The molecule has 0 saturated heterocycles. The van der Waals surface area contributed by atoms with Crippen LogP contribution >= 0.6 is 0 Å². The standard InChI is InChI=1S/C16H25N3O/c1-12(13(2)17)16(20)18-8-10-19-9-7-14-5-3-4-6-15(14)11-19/h3-6,12-13H,7-11,17H2,1-2H3,(H,18,20). The fourth-order valence-corrected chi connectivity index (χ4v) is 2.48. The molecule has 1 heterocycles. The molecule has 2 atom stereocenters. The second-order valence-electron chi connectivity index (χ2n) is 5.73. The van der Waals surface area contributed by atoms with Gasteiger partial charge >= 0.3 is 0 Å². The predicted molar refractivity (Wildman–Crippen MR) is 81.2 cm³/mol. The number of hydrogen-bond acceptors (Lipinski definition) is 3.